The quantitative estimate of drug-likeness (QED) is 0.775. The predicted molar refractivity (Wildman–Crippen MR) is 50.5 cm³/mol. The Hall–Kier alpha value is -2.10. The van der Waals surface area contributed by atoms with E-state index >= 15 is 0 Å². The Labute approximate surface area is 80.4 Å². The lowest BCUT2D eigenvalue weighted by Gasteiger charge is -2.01. The number of nitrogens with zero attached hydrogens (tertiary/aromatic N) is 1. The van der Waals surface area contributed by atoms with Crippen molar-refractivity contribution >= 4 is 5.91 Å². The second-order valence-corrected chi connectivity index (χ2v) is 2.78. The number of amides is 1. The van der Waals surface area contributed by atoms with E-state index in [-0.39, 0.29) is 0 Å². The van der Waals surface area contributed by atoms with Crippen LogP contribution in [0.1, 0.15) is 10.4 Å². The number of rotatable bonds is 2. The molecular formula is C10H8N2O2. The molecule has 0 atom stereocenters. The molecule has 0 saturated carbocycles. The summed E-state index contributed by atoms with van der Waals surface area (Å²) in [7, 11) is 0. The smallest absolute Gasteiger partial charge is 0.250 e. The van der Waals surface area contributed by atoms with Crippen molar-refractivity contribution in [2.24, 2.45) is 5.73 Å². The number of carbonyl (C=O) groups excluding carboxylic acids is 1. The Morgan fingerprint density at radius 2 is 2.29 bits per heavy atom. The van der Waals surface area contributed by atoms with E-state index < -0.39 is 5.91 Å². The summed E-state index contributed by atoms with van der Waals surface area (Å²) in [5, 5.41) is 0. The Bertz CT molecular complexity index is 449. The number of aromatic nitrogens is 1. The lowest BCUT2D eigenvalue weighted by atomic mass is 10.1. The number of pyridine rings is 1. The second-order valence-electron chi connectivity index (χ2n) is 2.78. The Morgan fingerprint density at radius 1 is 1.43 bits per heavy atom. The largest absolute Gasteiger partial charge is 0.472 e. The first-order valence-electron chi connectivity index (χ1n) is 4.06. The molecule has 2 rings (SSSR count). The topological polar surface area (TPSA) is 69.1 Å². The molecule has 2 heterocycles. The van der Waals surface area contributed by atoms with Crippen LogP contribution in [0.25, 0.3) is 11.3 Å². The van der Waals surface area contributed by atoms with Crippen LogP contribution >= 0.6 is 0 Å². The fourth-order valence-corrected chi connectivity index (χ4v) is 1.23. The normalized spacial score (nSPS) is 10.0. The summed E-state index contributed by atoms with van der Waals surface area (Å²) >= 11 is 0. The van der Waals surface area contributed by atoms with Gasteiger partial charge in [0.05, 0.1) is 23.8 Å². The molecular weight excluding hydrogens is 180 g/mol. The van der Waals surface area contributed by atoms with Crippen molar-refractivity contribution in [1.82, 2.24) is 4.98 Å². The number of primary amides is 1. The van der Waals surface area contributed by atoms with Gasteiger partial charge in [0.15, 0.2) is 0 Å². The van der Waals surface area contributed by atoms with E-state index in [4.69, 9.17) is 10.2 Å². The van der Waals surface area contributed by atoms with Crippen molar-refractivity contribution < 1.29 is 9.21 Å². The fraction of sp³-hybridized carbons (Fsp3) is 0. The molecule has 0 radical (unpaired) electrons. The third kappa shape index (κ3) is 1.37. The summed E-state index contributed by atoms with van der Waals surface area (Å²) in [5.41, 5.74) is 6.91. The zero-order valence-electron chi connectivity index (χ0n) is 7.31. The Balaban J connectivity index is 2.58. The van der Waals surface area contributed by atoms with Gasteiger partial charge in [0.25, 0.3) is 5.91 Å². The van der Waals surface area contributed by atoms with Gasteiger partial charge in [-0.2, -0.15) is 0 Å². The minimum absolute atomic E-state index is 0.397. The number of nitrogens with two attached hydrogens (primary N) is 1. The molecule has 4 nitrogen and oxygen atoms in total. The van der Waals surface area contributed by atoms with Crippen molar-refractivity contribution in [3.8, 4) is 11.3 Å². The third-order valence-electron chi connectivity index (χ3n) is 1.87. The van der Waals surface area contributed by atoms with Crippen LogP contribution in [0.5, 0.6) is 0 Å². The van der Waals surface area contributed by atoms with Crippen LogP contribution in [0.2, 0.25) is 0 Å². The first-order valence-corrected chi connectivity index (χ1v) is 4.06. The average Bonchev–Trinajstić information content (AvgIpc) is 2.70. The minimum atomic E-state index is -0.491. The van der Waals surface area contributed by atoms with E-state index in [2.05, 4.69) is 4.98 Å². The lowest BCUT2D eigenvalue weighted by Crippen LogP contribution is -2.12. The van der Waals surface area contributed by atoms with E-state index in [1.165, 1.54) is 12.5 Å². The van der Waals surface area contributed by atoms with Crippen LogP contribution in [-0.2, 0) is 0 Å². The highest BCUT2D eigenvalue weighted by molar-refractivity contribution is 5.98. The highest BCUT2D eigenvalue weighted by Gasteiger charge is 2.10. The van der Waals surface area contributed by atoms with Gasteiger partial charge in [-0.1, -0.05) is 0 Å². The van der Waals surface area contributed by atoms with Crippen molar-refractivity contribution in [1.29, 1.82) is 0 Å². The zero-order chi connectivity index (χ0) is 9.97. The van der Waals surface area contributed by atoms with E-state index in [0.717, 1.165) is 5.56 Å². The maximum Gasteiger partial charge on any atom is 0.250 e. The molecule has 2 N–H and O–H groups in total. The molecule has 0 aromatic carbocycles. The standard InChI is InChI=1S/C10H8N2O2/c11-10(13)8-2-1-4-12-9(8)7-3-5-14-6-7/h1-6H,(H2,11,13). The maximum atomic E-state index is 11.1. The van der Waals surface area contributed by atoms with Gasteiger partial charge in [0.1, 0.15) is 0 Å². The monoisotopic (exact) mass is 188 g/mol. The molecule has 0 fully saturated rings. The summed E-state index contributed by atoms with van der Waals surface area (Å²) in [6.45, 7) is 0. The summed E-state index contributed by atoms with van der Waals surface area (Å²) in [4.78, 5) is 15.2. The number of hydrogen-bond acceptors (Lipinski definition) is 3. The van der Waals surface area contributed by atoms with E-state index in [0.29, 0.717) is 11.3 Å². The minimum Gasteiger partial charge on any atom is -0.472 e. The molecule has 0 spiro atoms. The van der Waals surface area contributed by atoms with Gasteiger partial charge >= 0.3 is 0 Å². The lowest BCUT2D eigenvalue weighted by molar-refractivity contribution is 0.100. The van der Waals surface area contributed by atoms with Crippen molar-refractivity contribution in [3.05, 3.63) is 42.5 Å². The molecule has 0 aliphatic carbocycles. The molecule has 0 aliphatic rings. The summed E-state index contributed by atoms with van der Waals surface area (Å²) in [5.74, 6) is -0.491. The molecule has 1 amide bonds. The summed E-state index contributed by atoms with van der Waals surface area (Å²) in [6, 6.07) is 5.04. The van der Waals surface area contributed by atoms with Crippen molar-refractivity contribution in [2.45, 2.75) is 0 Å². The van der Waals surface area contributed by atoms with Gasteiger partial charge in [-0.05, 0) is 18.2 Å². The van der Waals surface area contributed by atoms with E-state index in [1.807, 2.05) is 0 Å². The van der Waals surface area contributed by atoms with Crippen LogP contribution in [0.4, 0.5) is 0 Å². The molecule has 2 aromatic heterocycles. The molecule has 0 saturated heterocycles. The van der Waals surface area contributed by atoms with Crippen molar-refractivity contribution in [3.63, 3.8) is 0 Å². The first kappa shape index (κ1) is 8.50. The Kier molecular flexibility index (Phi) is 2.02. The van der Waals surface area contributed by atoms with Crippen LogP contribution in [-0.4, -0.2) is 10.9 Å². The van der Waals surface area contributed by atoms with Gasteiger partial charge in [-0.25, -0.2) is 0 Å². The van der Waals surface area contributed by atoms with Gasteiger partial charge < -0.3 is 10.2 Å². The van der Waals surface area contributed by atoms with E-state index in [9.17, 15) is 4.79 Å². The fourth-order valence-electron chi connectivity index (χ4n) is 1.23. The number of hydrogen-bond donors (Lipinski definition) is 1. The molecule has 2 aromatic rings. The summed E-state index contributed by atoms with van der Waals surface area (Å²) < 4.78 is 4.91. The van der Waals surface area contributed by atoms with Crippen LogP contribution < -0.4 is 5.73 Å². The third-order valence-corrected chi connectivity index (χ3v) is 1.87. The maximum absolute atomic E-state index is 11.1. The molecule has 14 heavy (non-hydrogen) atoms. The summed E-state index contributed by atoms with van der Waals surface area (Å²) in [6.07, 6.45) is 4.65. The highest BCUT2D eigenvalue weighted by Crippen LogP contribution is 2.20. The van der Waals surface area contributed by atoms with Crippen LogP contribution in [0.15, 0.2) is 41.3 Å². The van der Waals surface area contributed by atoms with Crippen LogP contribution in [0.3, 0.4) is 0 Å². The SMILES string of the molecule is NC(=O)c1cccnc1-c1ccoc1. The zero-order valence-corrected chi connectivity index (χ0v) is 7.31. The first-order chi connectivity index (χ1) is 6.79. The van der Waals surface area contributed by atoms with Gasteiger partial charge in [-0.3, -0.25) is 9.78 Å². The molecule has 0 aliphatic heterocycles. The second kappa shape index (κ2) is 3.33. The molecule has 0 unspecified atom stereocenters. The van der Waals surface area contributed by atoms with E-state index in [1.54, 1.807) is 24.4 Å². The van der Waals surface area contributed by atoms with Crippen LogP contribution in [0, 0.1) is 0 Å². The highest BCUT2D eigenvalue weighted by atomic mass is 16.3. The number of furan rings is 1. The molecule has 70 valence electrons. The Morgan fingerprint density at radius 3 is 2.93 bits per heavy atom. The average molecular weight is 188 g/mol. The van der Waals surface area contributed by atoms with Gasteiger partial charge in [0, 0.05) is 11.8 Å². The molecule has 4 heteroatoms. The number of carbonyl (C=O) groups is 1. The van der Waals surface area contributed by atoms with Gasteiger partial charge in [-0.15, -0.1) is 0 Å². The predicted octanol–water partition coefficient (Wildman–Crippen LogP) is 1.44. The van der Waals surface area contributed by atoms with Crippen molar-refractivity contribution in [2.75, 3.05) is 0 Å². The molecule has 0 bridgehead atoms. The van der Waals surface area contributed by atoms with Gasteiger partial charge in [0.2, 0.25) is 0 Å².